The lowest BCUT2D eigenvalue weighted by atomic mass is 10.5. The minimum atomic E-state index is -2.81. The standard InChI is InChI=1S/C6H12ClO2P/c1-3-5-6-10(7,8)9-4-2/h3H,1,4-6H2,2H3. The predicted octanol–water partition coefficient (Wildman–Crippen LogP) is 3.03. The van der Waals surface area contributed by atoms with E-state index in [-0.39, 0.29) is 0 Å². The molecule has 0 saturated carbocycles. The van der Waals surface area contributed by atoms with Crippen LogP contribution in [0, 0.1) is 0 Å². The predicted molar refractivity (Wildman–Crippen MR) is 44.8 cm³/mol. The molecule has 1 atom stereocenters. The summed E-state index contributed by atoms with van der Waals surface area (Å²) in [5.41, 5.74) is 0. The van der Waals surface area contributed by atoms with Gasteiger partial charge in [-0.1, -0.05) is 6.08 Å². The van der Waals surface area contributed by atoms with E-state index in [2.05, 4.69) is 6.58 Å². The first kappa shape index (κ1) is 10.2. The number of hydrogen-bond donors (Lipinski definition) is 0. The molecule has 10 heavy (non-hydrogen) atoms. The quantitative estimate of drug-likeness (QED) is 0.483. The fraction of sp³-hybridized carbons (Fsp3) is 0.667. The van der Waals surface area contributed by atoms with E-state index in [9.17, 15) is 4.57 Å². The molecule has 0 radical (unpaired) electrons. The van der Waals surface area contributed by atoms with Gasteiger partial charge in [-0.3, -0.25) is 4.57 Å². The Hall–Kier alpha value is 0.220. The van der Waals surface area contributed by atoms with Crippen LogP contribution in [0.4, 0.5) is 0 Å². The van der Waals surface area contributed by atoms with E-state index in [4.69, 9.17) is 15.8 Å². The molecular formula is C6H12ClO2P. The van der Waals surface area contributed by atoms with Crippen LogP contribution in [0.2, 0.25) is 0 Å². The van der Waals surface area contributed by atoms with Gasteiger partial charge >= 0.3 is 0 Å². The van der Waals surface area contributed by atoms with Crippen LogP contribution >= 0.6 is 18.0 Å². The van der Waals surface area contributed by atoms with Crippen LogP contribution in [-0.4, -0.2) is 12.8 Å². The molecule has 1 unspecified atom stereocenters. The van der Waals surface area contributed by atoms with E-state index < -0.39 is 6.72 Å². The second-order valence-electron chi connectivity index (χ2n) is 1.81. The van der Waals surface area contributed by atoms with E-state index in [0.717, 1.165) is 0 Å². The molecule has 0 aromatic heterocycles. The average Bonchev–Trinajstić information content (AvgIpc) is 1.84. The summed E-state index contributed by atoms with van der Waals surface area (Å²) < 4.78 is 15.9. The van der Waals surface area contributed by atoms with Gasteiger partial charge < -0.3 is 4.52 Å². The van der Waals surface area contributed by atoms with Crippen LogP contribution in [0.5, 0.6) is 0 Å². The van der Waals surface area contributed by atoms with Crippen molar-refractivity contribution in [3.8, 4) is 0 Å². The summed E-state index contributed by atoms with van der Waals surface area (Å²) in [6.07, 6.45) is 2.70. The zero-order chi connectivity index (χ0) is 8.04. The van der Waals surface area contributed by atoms with Crippen LogP contribution in [0.1, 0.15) is 13.3 Å². The summed E-state index contributed by atoms with van der Waals surface area (Å²) in [4.78, 5) is 0. The zero-order valence-electron chi connectivity index (χ0n) is 6.05. The van der Waals surface area contributed by atoms with Crippen molar-refractivity contribution in [1.29, 1.82) is 0 Å². The normalized spacial score (nSPS) is 16.2. The maximum atomic E-state index is 11.1. The molecule has 0 N–H and O–H groups in total. The van der Waals surface area contributed by atoms with Gasteiger partial charge in [0.25, 0.3) is 6.72 Å². The Morgan fingerprint density at radius 1 is 1.80 bits per heavy atom. The molecule has 0 aromatic rings. The van der Waals surface area contributed by atoms with Crippen LogP contribution in [-0.2, 0) is 9.09 Å². The monoisotopic (exact) mass is 182 g/mol. The maximum Gasteiger partial charge on any atom is 0.290 e. The Bertz CT molecular complexity index is 147. The van der Waals surface area contributed by atoms with E-state index in [1.807, 2.05) is 0 Å². The molecular weight excluding hydrogens is 170 g/mol. The molecule has 0 bridgehead atoms. The Kier molecular flexibility index (Phi) is 5.06. The molecule has 0 amide bonds. The molecule has 0 spiro atoms. The average molecular weight is 183 g/mol. The molecule has 2 nitrogen and oxygen atoms in total. The summed E-state index contributed by atoms with van der Waals surface area (Å²) in [5, 5.41) is 0. The first-order chi connectivity index (χ1) is 4.62. The lowest BCUT2D eigenvalue weighted by Crippen LogP contribution is -1.87. The third-order valence-electron chi connectivity index (χ3n) is 0.922. The fourth-order valence-corrected chi connectivity index (χ4v) is 2.09. The second-order valence-corrected chi connectivity index (χ2v) is 5.24. The van der Waals surface area contributed by atoms with Gasteiger partial charge in [0.05, 0.1) is 6.61 Å². The Morgan fingerprint density at radius 2 is 2.40 bits per heavy atom. The summed E-state index contributed by atoms with van der Waals surface area (Å²) in [7, 11) is 0. The highest BCUT2D eigenvalue weighted by Crippen LogP contribution is 2.52. The van der Waals surface area contributed by atoms with Gasteiger partial charge in [-0.05, 0) is 24.6 Å². The van der Waals surface area contributed by atoms with Crippen molar-refractivity contribution in [3.05, 3.63) is 12.7 Å². The van der Waals surface area contributed by atoms with Crippen molar-refractivity contribution < 1.29 is 9.09 Å². The van der Waals surface area contributed by atoms with Gasteiger partial charge in [0.2, 0.25) is 0 Å². The minimum absolute atomic E-state index is 0.381. The smallest absolute Gasteiger partial charge is 0.290 e. The third kappa shape index (κ3) is 5.04. The van der Waals surface area contributed by atoms with Gasteiger partial charge in [0.15, 0.2) is 0 Å². The van der Waals surface area contributed by atoms with Crippen molar-refractivity contribution in [1.82, 2.24) is 0 Å². The van der Waals surface area contributed by atoms with Crippen molar-refractivity contribution in [2.45, 2.75) is 13.3 Å². The number of rotatable bonds is 5. The summed E-state index contributed by atoms with van der Waals surface area (Å²) in [6.45, 7) is 2.85. The maximum absolute atomic E-state index is 11.1. The Labute approximate surface area is 66.5 Å². The van der Waals surface area contributed by atoms with Gasteiger partial charge in [0.1, 0.15) is 0 Å². The summed E-state index contributed by atoms with van der Waals surface area (Å²) in [6, 6.07) is 0. The highest BCUT2D eigenvalue weighted by Gasteiger charge is 2.16. The first-order valence-corrected chi connectivity index (χ1v) is 5.88. The van der Waals surface area contributed by atoms with Crippen LogP contribution in [0.25, 0.3) is 0 Å². The van der Waals surface area contributed by atoms with Gasteiger partial charge in [0, 0.05) is 6.16 Å². The Morgan fingerprint density at radius 3 is 2.80 bits per heavy atom. The molecule has 0 aliphatic rings. The number of hydrogen-bond acceptors (Lipinski definition) is 2. The first-order valence-electron chi connectivity index (χ1n) is 3.16. The van der Waals surface area contributed by atoms with Crippen LogP contribution in [0.3, 0.4) is 0 Å². The topological polar surface area (TPSA) is 26.3 Å². The van der Waals surface area contributed by atoms with Crippen molar-refractivity contribution in [3.63, 3.8) is 0 Å². The lowest BCUT2D eigenvalue weighted by Gasteiger charge is -2.06. The van der Waals surface area contributed by atoms with Crippen molar-refractivity contribution in [2.24, 2.45) is 0 Å². The summed E-state index contributed by atoms with van der Waals surface area (Å²) in [5.74, 6) is 0. The van der Waals surface area contributed by atoms with Crippen LogP contribution in [0.15, 0.2) is 12.7 Å². The SMILES string of the molecule is C=CCCP(=O)(Cl)OCC. The van der Waals surface area contributed by atoms with Crippen molar-refractivity contribution in [2.75, 3.05) is 12.8 Å². The minimum Gasteiger partial charge on any atom is -0.318 e. The highest BCUT2D eigenvalue weighted by molar-refractivity contribution is 7.85. The lowest BCUT2D eigenvalue weighted by molar-refractivity contribution is 0.345. The third-order valence-corrected chi connectivity index (χ3v) is 3.16. The molecule has 0 fully saturated rings. The largest absolute Gasteiger partial charge is 0.318 e. The second kappa shape index (κ2) is 4.95. The number of halogens is 1. The molecule has 0 aliphatic carbocycles. The Balaban J connectivity index is 3.63. The molecule has 0 aromatic carbocycles. The molecule has 0 heterocycles. The van der Waals surface area contributed by atoms with E-state index in [1.54, 1.807) is 13.0 Å². The summed E-state index contributed by atoms with van der Waals surface area (Å²) >= 11 is 5.50. The molecule has 0 saturated heterocycles. The van der Waals surface area contributed by atoms with Crippen LogP contribution < -0.4 is 0 Å². The highest BCUT2D eigenvalue weighted by atomic mass is 35.7. The van der Waals surface area contributed by atoms with Gasteiger partial charge in [-0.15, -0.1) is 6.58 Å². The van der Waals surface area contributed by atoms with Gasteiger partial charge in [-0.25, -0.2) is 0 Å². The molecule has 4 heteroatoms. The molecule has 0 aliphatic heterocycles. The fourth-order valence-electron chi connectivity index (χ4n) is 0.503. The van der Waals surface area contributed by atoms with E-state index in [1.165, 1.54) is 0 Å². The molecule has 60 valence electrons. The molecule has 0 rings (SSSR count). The van der Waals surface area contributed by atoms with E-state index >= 15 is 0 Å². The zero-order valence-corrected chi connectivity index (χ0v) is 7.70. The van der Waals surface area contributed by atoms with E-state index in [0.29, 0.717) is 19.2 Å². The number of allylic oxidation sites excluding steroid dienone is 1. The van der Waals surface area contributed by atoms with Gasteiger partial charge in [-0.2, -0.15) is 0 Å². The van der Waals surface area contributed by atoms with Crippen molar-refractivity contribution >= 4 is 18.0 Å².